The largest absolute Gasteiger partial charge is 0.494 e. The summed E-state index contributed by atoms with van der Waals surface area (Å²) in [6.07, 6.45) is 2.07. The summed E-state index contributed by atoms with van der Waals surface area (Å²) in [6.45, 7) is 3.65. The average Bonchev–Trinajstić information content (AvgIpc) is 2.61. The molecule has 0 spiro atoms. The van der Waals surface area contributed by atoms with Crippen molar-refractivity contribution in [3.05, 3.63) is 30.0 Å². The first-order chi connectivity index (χ1) is 7.70. The highest BCUT2D eigenvalue weighted by Crippen LogP contribution is 2.24. The van der Waals surface area contributed by atoms with Gasteiger partial charge in [0.15, 0.2) is 0 Å². The summed E-state index contributed by atoms with van der Waals surface area (Å²) >= 11 is 0. The number of nitrogens with one attached hydrogen (secondary N) is 1. The lowest BCUT2D eigenvalue weighted by Crippen LogP contribution is -2.10. The molecule has 86 valence electrons. The van der Waals surface area contributed by atoms with Gasteiger partial charge < -0.3 is 14.6 Å². The molecule has 0 fully saturated rings. The topological polar surface area (TPSA) is 28.3 Å². The Balaban J connectivity index is 2.39. The molecule has 2 rings (SSSR count). The Bertz CT molecular complexity index is 474. The minimum absolute atomic E-state index is 0.707. The number of benzene rings is 1. The smallest absolute Gasteiger partial charge is 0.120 e. The van der Waals surface area contributed by atoms with E-state index in [1.54, 1.807) is 0 Å². The predicted octanol–water partition coefficient (Wildman–Crippen LogP) is 2.63. The first kappa shape index (κ1) is 11.0. The van der Waals surface area contributed by atoms with E-state index >= 15 is 0 Å². The van der Waals surface area contributed by atoms with Gasteiger partial charge in [0.25, 0.3) is 0 Å². The molecule has 0 amide bonds. The van der Waals surface area contributed by atoms with E-state index in [1.807, 2.05) is 13.0 Å². The Morgan fingerprint density at radius 3 is 2.81 bits per heavy atom. The van der Waals surface area contributed by atoms with Gasteiger partial charge in [-0.3, -0.25) is 0 Å². The van der Waals surface area contributed by atoms with Crippen LogP contribution in [0.4, 0.5) is 0 Å². The molecule has 1 heterocycles. The van der Waals surface area contributed by atoms with E-state index in [9.17, 15) is 0 Å². The fraction of sp³-hybridized carbons (Fsp3) is 0.385. The lowest BCUT2D eigenvalue weighted by atomic mass is 10.1. The van der Waals surface area contributed by atoms with Crippen molar-refractivity contribution < 1.29 is 4.74 Å². The third-order valence-corrected chi connectivity index (χ3v) is 2.54. The molecule has 0 saturated carbocycles. The van der Waals surface area contributed by atoms with Crippen molar-refractivity contribution in [1.29, 1.82) is 0 Å². The Labute approximate surface area is 96.0 Å². The lowest BCUT2D eigenvalue weighted by molar-refractivity contribution is 0.340. The van der Waals surface area contributed by atoms with Crippen LogP contribution in [0.15, 0.2) is 24.4 Å². The molecule has 0 saturated heterocycles. The SMILES string of the molecule is CCOc1ccc2[nH]cc(CN(C)C)c2c1. The maximum Gasteiger partial charge on any atom is 0.120 e. The quantitative estimate of drug-likeness (QED) is 0.854. The second kappa shape index (κ2) is 4.58. The second-order valence-corrected chi connectivity index (χ2v) is 4.19. The molecule has 0 atom stereocenters. The van der Waals surface area contributed by atoms with Gasteiger partial charge in [0, 0.05) is 23.6 Å². The number of ether oxygens (including phenoxy) is 1. The van der Waals surface area contributed by atoms with Gasteiger partial charge in [-0.05, 0) is 44.8 Å². The third kappa shape index (κ3) is 2.19. The van der Waals surface area contributed by atoms with Crippen molar-refractivity contribution in [2.45, 2.75) is 13.5 Å². The van der Waals surface area contributed by atoms with Gasteiger partial charge in [0.2, 0.25) is 0 Å². The Kier molecular flexibility index (Phi) is 3.15. The first-order valence-corrected chi connectivity index (χ1v) is 5.58. The van der Waals surface area contributed by atoms with Crippen LogP contribution < -0.4 is 4.74 Å². The van der Waals surface area contributed by atoms with Crippen LogP contribution >= 0.6 is 0 Å². The molecule has 0 radical (unpaired) electrons. The number of fused-ring (bicyclic) bond motifs is 1. The maximum atomic E-state index is 5.52. The summed E-state index contributed by atoms with van der Waals surface area (Å²) in [5.74, 6) is 0.939. The number of hydrogen-bond donors (Lipinski definition) is 1. The lowest BCUT2D eigenvalue weighted by Gasteiger charge is -2.08. The van der Waals surface area contributed by atoms with Gasteiger partial charge >= 0.3 is 0 Å². The zero-order chi connectivity index (χ0) is 11.5. The van der Waals surface area contributed by atoms with Crippen LogP contribution in [-0.2, 0) is 6.54 Å². The summed E-state index contributed by atoms with van der Waals surface area (Å²) < 4.78 is 5.52. The van der Waals surface area contributed by atoms with Crippen LogP contribution in [0.25, 0.3) is 10.9 Å². The fourth-order valence-corrected chi connectivity index (χ4v) is 1.89. The summed E-state index contributed by atoms with van der Waals surface area (Å²) in [7, 11) is 4.15. The molecule has 3 nitrogen and oxygen atoms in total. The predicted molar refractivity (Wildman–Crippen MR) is 66.9 cm³/mol. The first-order valence-electron chi connectivity index (χ1n) is 5.58. The van der Waals surface area contributed by atoms with Crippen LogP contribution in [0.2, 0.25) is 0 Å². The number of aromatic nitrogens is 1. The summed E-state index contributed by atoms with van der Waals surface area (Å²) in [5.41, 5.74) is 2.47. The monoisotopic (exact) mass is 218 g/mol. The third-order valence-electron chi connectivity index (χ3n) is 2.54. The minimum atomic E-state index is 0.707. The number of hydrogen-bond acceptors (Lipinski definition) is 2. The van der Waals surface area contributed by atoms with E-state index in [-0.39, 0.29) is 0 Å². The van der Waals surface area contributed by atoms with Gasteiger partial charge in [-0.25, -0.2) is 0 Å². The van der Waals surface area contributed by atoms with Crippen molar-refractivity contribution in [2.24, 2.45) is 0 Å². The molecule has 0 aliphatic rings. The van der Waals surface area contributed by atoms with E-state index in [0.29, 0.717) is 6.61 Å². The van der Waals surface area contributed by atoms with Gasteiger partial charge in [-0.15, -0.1) is 0 Å². The Morgan fingerprint density at radius 1 is 1.31 bits per heavy atom. The van der Waals surface area contributed by atoms with Gasteiger partial charge in [-0.1, -0.05) is 0 Å². The molecule has 0 unspecified atom stereocenters. The molecule has 16 heavy (non-hydrogen) atoms. The molecule has 0 aliphatic heterocycles. The molecule has 0 bridgehead atoms. The molecule has 1 aromatic heterocycles. The van der Waals surface area contributed by atoms with Crippen molar-refractivity contribution in [3.63, 3.8) is 0 Å². The molecular weight excluding hydrogens is 200 g/mol. The summed E-state index contributed by atoms with van der Waals surface area (Å²) in [6, 6.07) is 6.18. The van der Waals surface area contributed by atoms with Crippen molar-refractivity contribution in [1.82, 2.24) is 9.88 Å². The van der Waals surface area contributed by atoms with E-state index in [1.165, 1.54) is 16.5 Å². The van der Waals surface area contributed by atoms with E-state index in [4.69, 9.17) is 4.74 Å². The van der Waals surface area contributed by atoms with Gasteiger partial charge in [0.05, 0.1) is 6.61 Å². The van der Waals surface area contributed by atoms with E-state index < -0.39 is 0 Å². The summed E-state index contributed by atoms with van der Waals surface area (Å²) in [5, 5.41) is 1.25. The van der Waals surface area contributed by atoms with Crippen molar-refractivity contribution in [3.8, 4) is 5.75 Å². The number of aromatic amines is 1. The molecule has 1 aromatic carbocycles. The van der Waals surface area contributed by atoms with Gasteiger partial charge in [-0.2, -0.15) is 0 Å². The highest BCUT2D eigenvalue weighted by atomic mass is 16.5. The van der Waals surface area contributed by atoms with Crippen LogP contribution in [0.1, 0.15) is 12.5 Å². The van der Waals surface area contributed by atoms with Crippen LogP contribution in [0.3, 0.4) is 0 Å². The highest BCUT2D eigenvalue weighted by Gasteiger charge is 2.05. The molecule has 2 aromatic rings. The highest BCUT2D eigenvalue weighted by molar-refractivity contribution is 5.84. The zero-order valence-corrected chi connectivity index (χ0v) is 10.1. The summed E-state index contributed by atoms with van der Waals surface area (Å²) in [4.78, 5) is 5.44. The normalized spacial score (nSPS) is 11.2. The van der Waals surface area contributed by atoms with Crippen molar-refractivity contribution in [2.75, 3.05) is 20.7 Å². The number of rotatable bonds is 4. The minimum Gasteiger partial charge on any atom is -0.494 e. The average molecular weight is 218 g/mol. The van der Waals surface area contributed by atoms with E-state index in [2.05, 4.69) is 42.3 Å². The van der Waals surface area contributed by atoms with E-state index in [0.717, 1.165) is 12.3 Å². The van der Waals surface area contributed by atoms with Crippen LogP contribution in [0.5, 0.6) is 5.75 Å². The Hall–Kier alpha value is -1.48. The standard InChI is InChI=1S/C13H18N2O/c1-4-16-11-5-6-13-12(7-11)10(8-14-13)9-15(2)3/h5-8,14H,4,9H2,1-3H3. The number of nitrogens with zero attached hydrogens (tertiary/aromatic N) is 1. The molecule has 0 aliphatic carbocycles. The van der Waals surface area contributed by atoms with Crippen LogP contribution in [-0.4, -0.2) is 30.6 Å². The van der Waals surface area contributed by atoms with Gasteiger partial charge in [0.1, 0.15) is 5.75 Å². The fourth-order valence-electron chi connectivity index (χ4n) is 1.89. The van der Waals surface area contributed by atoms with Crippen LogP contribution in [0, 0.1) is 0 Å². The Morgan fingerprint density at radius 2 is 2.12 bits per heavy atom. The number of H-pyrrole nitrogens is 1. The van der Waals surface area contributed by atoms with Crippen molar-refractivity contribution >= 4 is 10.9 Å². The molecule has 1 N–H and O–H groups in total. The molecular formula is C13H18N2O. The second-order valence-electron chi connectivity index (χ2n) is 4.19. The maximum absolute atomic E-state index is 5.52. The zero-order valence-electron chi connectivity index (χ0n) is 10.1. The molecule has 3 heteroatoms.